The fraction of sp³-hybridized carbons (Fsp3) is 0.846. The number of ether oxygens (including phenoxy) is 1. The summed E-state index contributed by atoms with van der Waals surface area (Å²) in [4.78, 5) is 0. The molecule has 0 radical (unpaired) electrons. The lowest BCUT2D eigenvalue weighted by molar-refractivity contribution is 0.00640. The third kappa shape index (κ3) is 1.25. The molecule has 14 heavy (non-hydrogen) atoms. The van der Waals surface area contributed by atoms with Crippen molar-refractivity contribution in [2.24, 2.45) is 11.3 Å². The summed E-state index contributed by atoms with van der Waals surface area (Å²) in [5, 5.41) is 0. The summed E-state index contributed by atoms with van der Waals surface area (Å²) < 4.78 is 6.15. The highest BCUT2D eigenvalue weighted by molar-refractivity contribution is 5.10. The summed E-state index contributed by atoms with van der Waals surface area (Å²) >= 11 is 0. The van der Waals surface area contributed by atoms with Crippen LogP contribution in [0.3, 0.4) is 0 Å². The largest absolute Gasteiger partial charge is 0.371 e. The van der Waals surface area contributed by atoms with Crippen molar-refractivity contribution >= 4 is 0 Å². The second-order valence-corrected chi connectivity index (χ2v) is 5.64. The van der Waals surface area contributed by atoms with Gasteiger partial charge in [-0.3, -0.25) is 0 Å². The number of fused-ring (bicyclic) bond motifs is 2. The van der Waals surface area contributed by atoms with Crippen molar-refractivity contribution in [2.45, 2.75) is 58.7 Å². The predicted molar refractivity (Wildman–Crippen MR) is 59.2 cm³/mol. The minimum absolute atomic E-state index is 0.160. The highest BCUT2D eigenvalue weighted by Crippen LogP contribution is 2.58. The van der Waals surface area contributed by atoms with Crippen LogP contribution in [-0.4, -0.2) is 11.7 Å². The molecule has 0 spiro atoms. The zero-order chi connectivity index (χ0) is 10.4. The van der Waals surface area contributed by atoms with Crippen molar-refractivity contribution in [1.82, 2.24) is 0 Å². The third-order valence-electron chi connectivity index (χ3n) is 4.39. The Balaban J connectivity index is 2.21. The first-order chi connectivity index (χ1) is 6.50. The molecule has 0 aromatic heterocycles. The van der Waals surface area contributed by atoms with E-state index in [-0.39, 0.29) is 5.60 Å². The summed E-state index contributed by atoms with van der Waals surface area (Å²) in [7, 11) is 0. The minimum Gasteiger partial charge on any atom is -0.371 e. The van der Waals surface area contributed by atoms with Crippen LogP contribution in [0.4, 0.5) is 0 Å². The molecule has 1 nitrogen and oxygen atoms in total. The van der Waals surface area contributed by atoms with Gasteiger partial charge in [0.25, 0.3) is 0 Å². The Kier molecular flexibility index (Phi) is 2.26. The molecule has 1 unspecified atom stereocenters. The Labute approximate surface area is 87.5 Å². The van der Waals surface area contributed by atoms with Crippen LogP contribution in [-0.2, 0) is 4.74 Å². The van der Waals surface area contributed by atoms with Crippen LogP contribution in [0, 0.1) is 11.3 Å². The van der Waals surface area contributed by atoms with E-state index in [0.29, 0.717) is 17.4 Å². The standard InChI is InChI=1S/C13H22O/c1-5-6-7-10-12(2,3)11-8-9-13(10,4)14-11/h5-6,10-11H,7-9H2,1-4H3/b6-5+/t10-,11?,13+/m1/s1. The van der Waals surface area contributed by atoms with E-state index in [1.54, 1.807) is 0 Å². The van der Waals surface area contributed by atoms with Gasteiger partial charge in [-0.15, -0.1) is 0 Å². The lowest BCUT2D eigenvalue weighted by atomic mass is 9.63. The first kappa shape index (κ1) is 10.2. The first-order valence-corrected chi connectivity index (χ1v) is 5.79. The molecule has 3 atom stereocenters. The molecule has 0 aliphatic carbocycles. The average Bonchev–Trinajstić information content (AvgIpc) is 2.55. The molecule has 0 amide bonds. The van der Waals surface area contributed by atoms with Gasteiger partial charge in [0.2, 0.25) is 0 Å². The number of hydrogen-bond donors (Lipinski definition) is 0. The predicted octanol–water partition coefficient (Wildman–Crippen LogP) is 3.55. The van der Waals surface area contributed by atoms with Gasteiger partial charge in [-0.05, 0) is 44.4 Å². The molecule has 2 aliphatic rings. The van der Waals surface area contributed by atoms with Crippen LogP contribution in [0.1, 0.15) is 47.0 Å². The summed E-state index contributed by atoms with van der Waals surface area (Å²) in [6.45, 7) is 9.14. The molecule has 0 aromatic rings. The molecule has 0 saturated carbocycles. The molecule has 0 N–H and O–H groups in total. The molecular formula is C13H22O. The first-order valence-electron chi connectivity index (χ1n) is 5.79. The van der Waals surface area contributed by atoms with Crippen LogP contribution in [0.25, 0.3) is 0 Å². The van der Waals surface area contributed by atoms with Crippen molar-refractivity contribution in [3.05, 3.63) is 12.2 Å². The van der Waals surface area contributed by atoms with E-state index in [0.717, 1.165) is 0 Å². The monoisotopic (exact) mass is 194 g/mol. The molecule has 2 aliphatic heterocycles. The molecule has 0 aromatic carbocycles. The molecule has 2 saturated heterocycles. The zero-order valence-electron chi connectivity index (χ0n) is 9.84. The maximum atomic E-state index is 6.15. The molecule has 1 heteroatoms. The number of allylic oxidation sites excluding steroid dienone is 2. The average molecular weight is 194 g/mol. The van der Waals surface area contributed by atoms with E-state index in [2.05, 4.69) is 39.8 Å². The van der Waals surface area contributed by atoms with Gasteiger partial charge in [0.05, 0.1) is 11.7 Å². The second-order valence-electron chi connectivity index (χ2n) is 5.64. The normalized spacial score (nSPS) is 45.1. The zero-order valence-corrected chi connectivity index (χ0v) is 9.84. The van der Waals surface area contributed by atoms with Gasteiger partial charge in [-0.2, -0.15) is 0 Å². The van der Waals surface area contributed by atoms with Gasteiger partial charge in [-0.25, -0.2) is 0 Å². The lowest BCUT2D eigenvalue weighted by Crippen LogP contribution is -2.40. The van der Waals surface area contributed by atoms with E-state index < -0.39 is 0 Å². The highest BCUT2D eigenvalue weighted by atomic mass is 16.5. The van der Waals surface area contributed by atoms with Crippen LogP contribution in [0.5, 0.6) is 0 Å². The van der Waals surface area contributed by atoms with Gasteiger partial charge < -0.3 is 4.74 Å². The van der Waals surface area contributed by atoms with E-state index in [1.165, 1.54) is 19.3 Å². The molecule has 2 bridgehead atoms. The second kappa shape index (κ2) is 3.10. The molecular weight excluding hydrogens is 172 g/mol. The molecule has 2 heterocycles. The van der Waals surface area contributed by atoms with Crippen molar-refractivity contribution < 1.29 is 4.74 Å². The fourth-order valence-corrected chi connectivity index (χ4v) is 3.48. The Morgan fingerprint density at radius 2 is 2.07 bits per heavy atom. The van der Waals surface area contributed by atoms with Crippen LogP contribution >= 0.6 is 0 Å². The van der Waals surface area contributed by atoms with Crippen LogP contribution < -0.4 is 0 Å². The van der Waals surface area contributed by atoms with Gasteiger partial charge in [0.1, 0.15) is 0 Å². The Hall–Kier alpha value is -0.300. The van der Waals surface area contributed by atoms with Crippen molar-refractivity contribution in [1.29, 1.82) is 0 Å². The van der Waals surface area contributed by atoms with E-state index >= 15 is 0 Å². The van der Waals surface area contributed by atoms with Crippen molar-refractivity contribution in [3.8, 4) is 0 Å². The Morgan fingerprint density at radius 3 is 2.57 bits per heavy atom. The highest BCUT2D eigenvalue weighted by Gasteiger charge is 2.59. The van der Waals surface area contributed by atoms with Gasteiger partial charge in [-0.1, -0.05) is 26.0 Å². The maximum Gasteiger partial charge on any atom is 0.0696 e. The Bertz CT molecular complexity index is 249. The van der Waals surface area contributed by atoms with Crippen LogP contribution in [0.2, 0.25) is 0 Å². The SMILES string of the molecule is C/C=C/C[C@@H]1C(C)(C)C2CC[C@]1(C)O2. The lowest BCUT2D eigenvalue weighted by Gasteiger charge is -2.38. The Morgan fingerprint density at radius 1 is 1.36 bits per heavy atom. The van der Waals surface area contributed by atoms with Gasteiger partial charge in [0.15, 0.2) is 0 Å². The van der Waals surface area contributed by atoms with Crippen molar-refractivity contribution in [3.63, 3.8) is 0 Å². The van der Waals surface area contributed by atoms with E-state index in [1.807, 2.05) is 0 Å². The maximum absolute atomic E-state index is 6.15. The number of rotatable bonds is 2. The summed E-state index contributed by atoms with van der Waals surface area (Å²) in [5.41, 5.74) is 0.528. The van der Waals surface area contributed by atoms with Crippen molar-refractivity contribution in [2.75, 3.05) is 0 Å². The minimum atomic E-state index is 0.160. The molecule has 80 valence electrons. The van der Waals surface area contributed by atoms with Gasteiger partial charge >= 0.3 is 0 Å². The van der Waals surface area contributed by atoms with E-state index in [9.17, 15) is 0 Å². The summed E-state index contributed by atoms with van der Waals surface area (Å²) in [6.07, 6.45) is 8.64. The van der Waals surface area contributed by atoms with E-state index in [4.69, 9.17) is 4.74 Å². The summed E-state index contributed by atoms with van der Waals surface area (Å²) in [5.74, 6) is 0.699. The topological polar surface area (TPSA) is 9.23 Å². The number of hydrogen-bond acceptors (Lipinski definition) is 1. The molecule has 2 fully saturated rings. The third-order valence-corrected chi connectivity index (χ3v) is 4.39. The molecule has 2 rings (SSSR count). The fourth-order valence-electron chi connectivity index (χ4n) is 3.48. The quantitative estimate of drug-likeness (QED) is 0.611. The smallest absolute Gasteiger partial charge is 0.0696 e. The van der Waals surface area contributed by atoms with Crippen LogP contribution in [0.15, 0.2) is 12.2 Å². The summed E-state index contributed by atoms with van der Waals surface area (Å²) in [6, 6.07) is 0. The van der Waals surface area contributed by atoms with Gasteiger partial charge in [0, 0.05) is 0 Å².